The molecule has 0 aliphatic carbocycles. The Morgan fingerprint density at radius 2 is 2.45 bits per heavy atom. The molecule has 1 nitrogen and oxygen atoms in total. The number of unbranched alkanes of at least 4 members (excludes halogenated alkanes) is 1. The average molecular weight is 190 g/mol. The number of hydrogen-bond acceptors (Lipinski definition) is 2. The van der Waals surface area contributed by atoms with E-state index in [1.165, 1.54) is 0 Å². The van der Waals surface area contributed by atoms with Crippen molar-refractivity contribution in [3.63, 3.8) is 0 Å². The van der Waals surface area contributed by atoms with Gasteiger partial charge in [0.15, 0.2) is 0 Å². The summed E-state index contributed by atoms with van der Waals surface area (Å²) in [4.78, 5) is 0. The van der Waals surface area contributed by atoms with E-state index in [0.29, 0.717) is 5.75 Å². The lowest BCUT2D eigenvalue weighted by molar-refractivity contribution is 0.666. The summed E-state index contributed by atoms with van der Waals surface area (Å²) >= 11 is 5.01. The Kier molecular flexibility index (Phi) is 3.07. The second-order valence-corrected chi connectivity index (χ2v) is 6.90. The Hall–Kier alpha value is 0.110. The molecule has 0 aromatic heterocycles. The van der Waals surface area contributed by atoms with Crippen LogP contribution in [-0.4, -0.2) is 15.2 Å². The van der Waals surface area contributed by atoms with Crippen LogP contribution in [0.3, 0.4) is 0 Å². The Morgan fingerprint density at radius 3 is 2.91 bits per heavy atom. The second kappa shape index (κ2) is 3.68. The highest BCUT2D eigenvalue weighted by Gasteiger charge is 2.21. The largest absolute Gasteiger partial charge is 0.256 e. The molecule has 0 saturated heterocycles. The number of hydrogen-bond donors (Lipinski definition) is 0. The zero-order valence-electron chi connectivity index (χ0n) is 6.79. The highest BCUT2D eigenvalue weighted by Crippen LogP contribution is 2.18. The summed E-state index contributed by atoms with van der Waals surface area (Å²) in [6.07, 6.45) is 7.31. The Balaban J connectivity index is 2.51. The molecule has 1 heterocycles. The third kappa shape index (κ3) is 2.27. The molecule has 0 spiro atoms. The van der Waals surface area contributed by atoms with Gasteiger partial charge >= 0.3 is 0 Å². The molecule has 0 amide bonds. The zero-order chi connectivity index (χ0) is 8.32. The van der Waals surface area contributed by atoms with Crippen LogP contribution < -0.4 is 0 Å². The smallest absolute Gasteiger partial charge is 0.0554 e. The van der Waals surface area contributed by atoms with Gasteiger partial charge in [0, 0.05) is 14.2 Å². The highest BCUT2D eigenvalue weighted by atomic mass is 32.8. The molecular formula is C8H14OS2. The highest BCUT2D eigenvalue weighted by molar-refractivity contribution is 8.33. The van der Waals surface area contributed by atoms with Gasteiger partial charge in [0.05, 0.1) is 5.25 Å². The first-order valence-corrected chi connectivity index (χ1v) is 6.76. The van der Waals surface area contributed by atoms with E-state index in [2.05, 4.69) is 6.92 Å². The van der Waals surface area contributed by atoms with Crippen LogP contribution in [0, 0.1) is 0 Å². The van der Waals surface area contributed by atoms with Crippen LogP contribution in [0.15, 0.2) is 12.2 Å². The molecular weight excluding hydrogens is 176 g/mol. The number of rotatable bonds is 3. The maximum Gasteiger partial charge on any atom is 0.0554 e. The van der Waals surface area contributed by atoms with Crippen molar-refractivity contribution in [2.24, 2.45) is 0 Å². The topological polar surface area (TPSA) is 17.1 Å². The summed E-state index contributed by atoms with van der Waals surface area (Å²) in [6, 6.07) is 0. The lowest BCUT2D eigenvalue weighted by atomic mass is 10.2. The van der Waals surface area contributed by atoms with Crippen LogP contribution in [-0.2, 0) is 19.7 Å². The van der Waals surface area contributed by atoms with Gasteiger partial charge in [0.25, 0.3) is 0 Å². The predicted molar refractivity (Wildman–Crippen MR) is 52.8 cm³/mol. The van der Waals surface area contributed by atoms with Crippen LogP contribution in [0.5, 0.6) is 0 Å². The third-order valence-electron chi connectivity index (χ3n) is 1.98. The minimum Gasteiger partial charge on any atom is -0.256 e. The van der Waals surface area contributed by atoms with Crippen molar-refractivity contribution in [1.29, 1.82) is 0 Å². The van der Waals surface area contributed by atoms with E-state index in [1.54, 1.807) is 0 Å². The monoisotopic (exact) mass is 190 g/mol. The predicted octanol–water partition coefficient (Wildman–Crippen LogP) is 1.86. The van der Waals surface area contributed by atoms with E-state index in [0.717, 1.165) is 19.3 Å². The Morgan fingerprint density at radius 1 is 1.73 bits per heavy atom. The van der Waals surface area contributed by atoms with Gasteiger partial charge in [-0.3, -0.25) is 4.21 Å². The fraction of sp³-hybridized carbons (Fsp3) is 0.750. The molecule has 0 fully saturated rings. The summed E-state index contributed by atoms with van der Waals surface area (Å²) in [5.41, 5.74) is 0. The van der Waals surface area contributed by atoms with E-state index in [4.69, 9.17) is 11.2 Å². The van der Waals surface area contributed by atoms with Gasteiger partial charge in [-0.1, -0.05) is 31.9 Å². The molecule has 3 heteroatoms. The zero-order valence-corrected chi connectivity index (χ0v) is 8.42. The van der Waals surface area contributed by atoms with E-state index < -0.39 is 8.49 Å². The summed E-state index contributed by atoms with van der Waals surface area (Å²) < 4.78 is 11.6. The van der Waals surface area contributed by atoms with Crippen LogP contribution in [0.4, 0.5) is 0 Å². The molecule has 1 aliphatic heterocycles. The molecule has 2 unspecified atom stereocenters. The standard InChI is InChI=1S/C8H14OS2/c1-2-3-5-8-6-4-7-11(8,9)10/h4,6,8H,2-3,5,7H2,1H3. The summed E-state index contributed by atoms with van der Waals surface area (Å²) in [5, 5.41) is 0.192. The second-order valence-electron chi connectivity index (χ2n) is 2.94. The molecule has 0 aromatic rings. The summed E-state index contributed by atoms with van der Waals surface area (Å²) in [5.74, 6) is 0.622. The first-order valence-electron chi connectivity index (χ1n) is 4.05. The van der Waals surface area contributed by atoms with Crippen molar-refractivity contribution in [2.45, 2.75) is 31.4 Å². The third-order valence-corrected chi connectivity index (χ3v) is 5.11. The van der Waals surface area contributed by atoms with Gasteiger partial charge in [-0.05, 0) is 17.6 Å². The summed E-state index contributed by atoms with van der Waals surface area (Å²) in [6.45, 7) is 2.14. The molecule has 1 rings (SSSR count). The van der Waals surface area contributed by atoms with E-state index in [1.807, 2.05) is 12.2 Å². The van der Waals surface area contributed by atoms with Crippen molar-refractivity contribution in [1.82, 2.24) is 0 Å². The molecule has 11 heavy (non-hydrogen) atoms. The minimum absolute atomic E-state index is 0.192. The quantitative estimate of drug-likeness (QED) is 0.632. The van der Waals surface area contributed by atoms with Gasteiger partial charge < -0.3 is 0 Å². The van der Waals surface area contributed by atoms with Crippen molar-refractivity contribution in [3.8, 4) is 0 Å². The van der Waals surface area contributed by atoms with E-state index in [-0.39, 0.29) is 5.25 Å². The fourth-order valence-corrected chi connectivity index (χ4v) is 3.49. The van der Waals surface area contributed by atoms with Gasteiger partial charge in [0.2, 0.25) is 0 Å². The SMILES string of the molecule is CCCCC1C=CCS1(=O)=S. The van der Waals surface area contributed by atoms with Crippen LogP contribution >= 0.6 is 0 Å². The van der Waals surface area contributed by atoms with E-state index >= 15 is 0 Å². The first kappa shape index (κ1) is 9.20. The molecule has 0 bridgehead atoms. The van der Waals surface area contributed by atoms with Crippen molar-refractivity contribution >= 4 is 19.7 Å². The van der Waals surface area contributed by atoms with Gasteiger partial charge in [-0.2, -0.15) is 0 Å². The molecule has 0 saturated carbocycles. The molecule has 64 valence electrons. The van der Waals surface area contributed by atoms with Crippen LogP contribution in [0.1, 0.15) is 26.2 Å². The van der Waals surface area contributed by atoms with Crippen LogP contribution in [0.2, 0.25) is 0 Å². The maximum atomic E-state index is 11.6. The molecule has 0 radical (unpaired) electrons. The van der Waals surface area contributed by atoms with Crippen molar-refractivity contribution in [2.75, 3.05) is 5.75 Å². The maximum absolute atomic E-state index is 11.6. The molecule has 2 atom stereocenters. The lowest BCUT2D eigenvalue weighted by Crippen LogP contribution is -2.14. The van der Waals surface area contributed by atoms with Gasteiger partial charge in [0.1, 0.15) is 0 Å². The molecule has 0 N–H and O–H groups in total. The molecule has 0 aromatic carbocycles. The normalized spacial score (nSPS) is 36.3. The van der Waals surface area contributed by atoms with Gasteiger partial charge in [-0.25, -0.2) is 0 Å². The molecule has 1 aliphatic rings. The van der Waals surface area contributed by atoms with Gasteiger partial charge in [-0.15, -0.1) is 0 Å². The summed E-state index contributed by atoms with van der Waals surface area (Å²) in [7, 11) is -1.94. The van der Waals surface area contributed by atoms with Crippen molar-refractivity contribution in [3.05, 3.63) is 12.2 Å². The lowest BCUT2D eigenvalue weighted by Gasteiger charge is -2.08. The fourth-order valence-electron chi connectivity index (χ4n) is 1.27. The first-order chi connectivity index (χ1) is 5.17. The van der Waals surface area contributed by atoms with E-state index in [9.17, 15) is 4.21 Å². The average Bonchev–Trinajstić information content (AvgIpc) is 2.25. The van der Waals surface area contributed by atoms with Crippen molar-refractivity contribution < 1.29 is 4.21 Å². The Bertz CT molecular complexity index is 239. The minimum atomic E-state index is -1.94. The van der Waals surface area contributed by atoms with Crippen LogP contribution in [0.25, 0.3) is 0 Å². The Labute approximate surface area is 73.6 Å².